The molecule has 0 radical (unpaired) electrons. The molecule has 0 saturated carbocycles. The van der Waals surface area contributed by atoms with Gasteiger partial charge in [-0.25, -0.2) is 0 Å². The summed E-state index contributed by atoms with van der Waals surface area (Å²) in [5, 5.41) is 3.97. The molecule has 3 rings (SSSR count). The Labute approximate surface area is 159 Å². The zero-order valence-electron chi connectivity index (χ0n) is 15.8. The quantitative estimate of drug-likeness (QED) is 0.616. The van der Waals surface area contributed by atoms with E-state index in [-0.39, 0.29) is 5.91 Å². The number of rotatable bonds is 8. The topological polar surface area (TPSA) is 56.2 Å². The zero-order valence-corrected chi connectivity index (χ0v) is 15.8. The standard InChI is InChI=1S/C22H25N3O2/c1-3-5-15-25-19-10-8-11-21(27-4-2)18(19)16-20(25)22(26)24-14-12-17-9-6-7-13-23-17/h3,5-11,13,16H,4,12,14-15H2,1-2H3,(H,24,26)/b5-3-. The van der Waals surface area contributed by atoms with Gasteiger partial charge in [-0.15, -0.1) is 0 Å². The fraction of sp³-hybridized carbons (Fsp3) is 0.273. The van der Waals surface area contributed by atoms with Crippen LogP contribution in [0.1, 0.15) is 30.0 Å². The second-order valence-corrected chi connectivity index (χ2v) is 6.16. The maximum Gasteiger partial charge on any atom is 0.267 e. The van der Waals surface area contributed by atoms with E-state index in [1.807, 2.05) is 73.0 Å². The van der Waals surface area contributed by atoms with Crippen LogP contribution in [-0.2, 0) is 13.0 Å². The molecule has 3 aromatic rings. The Kier molecular flexibility index (Phi) is 6.26. The van der Waals surface area contributed by atoms with Gasteiger partial charge in [0.1, 0.15) is 11.4 Å². The van der Waals surface area contributed by atoms with Gasteiger partial charge in [0.05, 0.1) is 12.1 Å². The van der Waals surface area contributed by atoms with Crippen molar-refractivity contribution in [3.05, 3.63) is 72.2 Å². The van der Waals surface area contributed by atoms with Crippen molar-refractivity contribution < 1.29 is 9.53 Å². The number of carbonyl (C=O) groups is 1. The molecule has 0 unspecified atom stereocenters. The number of carbonyl (C=O) groups excluding carboxylic acids is 1. The molecule has 1 N–H and O–H groups in total. The number of hydrogen-bond donors (Lipinski definition) is 1. The number of hydrogen-bond acceptors (Lipinski definition) is 3. The van der Waals surface area contributed by atoms with Crippen molar-refractivity contribution in [2.24, 2.45) is 0 Å². The van der Waals surface area contributed by atoms with Gasteiger partial charge < -0.3 is 14.6 Å². The average Bonchev–Trinajstić information content (AvgIpc) is 3.07. The van der Waals surface area contributed by atoms with E-state index in [1.165, 1.54) is 0 Å². The molecule has 5 nitrogen and oxygen atoms in total. The van der Waals surface area contributed by atoms with Gasteiger partial charge in [0, 0.05) is 36.8 Å². The van der Waals surface area contributed by atoms with Gasteiger partial charge in [-0.1, -0.05) is 24.3 Å². The summed E-state index contributed by atoms with van der Waals surface area (Å²) in [6.45, 7) is 5.70. The summed E-state index contributed by atoms with van der Waals surface area (Å²) < 4.78 is 7.76. The molecule has 0 aliphatic heterocycles. The van der Waals surface area contributed by atoms with Crippen LogP contribution in [-0.4, -0.2) is 28.6 Å². The van der Waals surface area contributed by atoms with E-state index < -0.39 is 0 Å². The molecule has 0 saturated heterocycles. The van der Waals surface area contributed by atoms with E-state index in [1.54, 1.807) is 6.20 Å². The third-order valence-electron chi connectivity index (χ3n) is 4.35. The number of fused-ring (bicyclic) bond motifs is 1. The van der Waals surface area contributed by atoms with E-state index in [0.717, 1.165) is 22.3 Å². The lowest BCUT2D eigenvalue weighted by molar-refractivity contribution is 0.0946. The zero-order chi connectivity index (χ0) is 19.1. The Bertz CT molecular complexity index is 929. The number of nitrogens with one attached hydrogen (secondary N) is 1. The minimum Gasteiger partial charge on any atom is -0.493 e. The van der Waals surface area contributed by atoms with Crippen molar-refractivity contribution in [1.29, 1.82) is 0 Å². The molecule has 1 aromatic carbocycles. The van der Waals surface area contributed by atoms with Crippen LogP contribution < -0.4 is 10.1 Å². The van der Waals surface area contributed by atoms with E-state index >= 15 is 0 Å². The number of benzene rings is 1. The first-order valence-electron chi connectivity index (χ1n) is 9.29. The Balaban J connectivity index is 1.84. The highest BCUT2D eigenvalue weighted by Crippen LogP contribution is 2.29. The molecule has 0 bridgehead atoms. The largest absolute Gasteiger partial charge is 0.493 e. The number of allylic oxidation sites excluding steroid dienone is 2. The van der Waals surface area contributed by atoms with Crippen molar-refractivity contribution in [3.8, 4) is 5.75 Å². The van der Waals surface area contributed by atoms with Gasteiger partial charge in [0.15, 0.2) is 0 Å². The summed E-state index contributed by atoms with van der Waals surface area (Å²) in [6.07, 6.45) is 6.49. The fourth-order valence-corrected chi connectivity index (χ4v) is 3.07. The third kappa shape index (κ3) is 4.37. The Morgan fingerprint density at radius 2 is 2.15 bits per heavy atom. The molecule has 140 valence electrons. The molecule has 0 aliphatic carbocycles. The summed E-state index contributed by atoms with van der Waals surface area (Å²) in [5.41, 5.74) is 2.59. The molecule has 0 fully saturated rings. The lowest BCUT2D eigenvalue weighted by atomic mass is 10.2. The molecule has 2 aromatic heterocycles. The minimum absolute atomic E-state index is 0.0888. The smallest absolute Gasteiger partial charge is 0.267 e. The first-order valence-corrected chi connectivity index (χ1v) is 9.29. The van der Waals surface area contributed by atoms with Crippen molar-refractivity contribution in [2.45, 2.75) is 26.8 Å². The van der Waals surface area contributed by atoms with Crippen LogP contribution >= 0.6 is 0 Å². The first-order chi connectivity index (χ1) is 13.2. The van der Waals surface area contributed by atoms with Crippen molar-refractivity contribution >= 4 is 16.8 Å². The van der Waals surface area contributed by atoms with Crippen LogP contribution in [0.4, 0.5) is 0 Å². The lowest BCUT2D eigenvalue weighted by Gasteiger charge is -2.09. The van der Waals surface area contributed by atoms with Crippen LogP contribution in [0.15, 0.2) is 60.8 Å². The Morgan fingerprint density at radius 3 is 2.89 bits per heavy atom. The lowest BCUT2D eigenvalue weighted by Crippen LogP contribution is -2.28. The SMILES string of the molecule is C/C=C\Cn1c(C(=O)NCCc2ccccn2)cc2c(OCC)cccc21. The number of aromatic nitrogens is 2. The molecule has 0 atom stereocenters. The first kappa shape index (κ1) is 18.7. The molecule has 1 amide bonds. The van der Waals surface area contributed by atoms with E-state index in [2.05, 4.69) is 10.3 Å². The van der Waals surface area contributed by atoms with Crippen LogP contribution in [0.25, 0.3) is 10.9 Å². The van der Waals surface area contributed by atoms with Gasteiger partial charge in [-0.2, -0.15) is 0 Å². The summed E-state index contributed by atoms with van der Waals surface area (Å²) in [6, 6.07) is 13.6. The monoisotopic (exact) mass is 363 g/mol. The van der Waals surface area contributed by atoms with E-state index in [9.17, 15) is 4.79 Å². The summed E-state index contributed by atoms with van der Waals surface area (Å²) in [5.74, 6) is 0.714. The maximum absolute atomic E-state index is 12.8. The van der Waals surface area contributed by atoms with Gasteiger partial charge in [-0.05, 0) is 44.2 Å². The number of ether oxygens (including phenoxy) is 1. The fourth-order valence-electron chi connectivity index (χ4n) is 3.07. The van der Waals surface area contributed by atoms with Gasteiger partial charge >= 0.3 is 0 Å². The molecule has 2 heterocycles. The predicted octanol–water partition coefficient (Wildman–Crippen LogP) is 3.98. The number of nitrogens with zero attached hydrogens (tertiary/aromatic N) is 2. The third-order valence-corrected chi connectivity index (χ3v) is 4.35. The molecule has 5 heteroatoms. The van der Waals surface area contributed by atoms with Gasteiger partial charge in [0.2, 0.25) is 0 Å². The number of pyridine rings is 1. The molecular formula is C22H25N3O2. The molecule has 0 aliphatic rings. The van der Waals surface area contributed by atoms with Crippen LogP contribution in [0.3, 0.4) is 0 Å². The Hall–Kier alpha value is -3.08. The van der Waals surface area contributed by atoms with Gasteiger partial charge in [-0.3, -0.25) is 9.78 Å². The summed E-state index contributed by atoms with van der Waals surface area (Å²) in [4.78, 5) is 17.1. The normalized spacial score (nSPS) is 11.2. The van der Waals surface area contributed by atoms with Crippen molar-refractivity contribution in [2.75, 3.05) is 13.2 Å². The van der Waals surface area contributed by atoms with Crippen LogP contribution in [0.5, 0.6) is 5.75 Å². The average molecular weight is 363 g/mol. The van der Waals surface area contributed by atoms with Crippen molar-refractivity contribution in [1.82, 2.24) is 14.9 Å². The number of amides is 1. The predicted molar refractivity (Wildman–Crippen MR) is 108 cm³/mol. The summed E-state index contributed by atoms with van der Waals surface area (Å²) >= 11 is 0. The molecule has 0 spiro atoms. The Morgan fingerprint density at radius 1 is 1.26 bits per heavy atom. The summed E-state index contributed by atoms with van der Waals surface area (Å²) in [7, 11) is 0. The van der Waals surface area contributed by atoms with Crippen molar-refractivity contribution in [3.63, 3.8) is 0 Å². The van der Waals surface area contributed by atoms with E-state index in [4.69, 9.17) is 4.74 Å². The molecule has 27 heavy (non-hydrogen) atoms. The second-order valence-electron chi connectivity index (χ2n) is 6.16. The van der Waals surface area contributed by atoms with Gasteiger partial charge in [0.25, 0.3) is 5.91 Å². The highest BCUT2D eigenvalue weighted by molar-refractivity contribution is 6.00. The molecular weight excluding hydrogens is 338 g/mol. The van der Waals surface area contributed by atoms with Crippen LogP contribution in [0, 0.1) is 0 Å². The van der Waals surface area contributed by atoms with E-state index in [0.29, 0.717) is 31.8 Å². The maximum atomic E-state index is 12.8. The highest BCUT2D eigenvalue weighted by Gasteiger charge is 2.17. The second kappa shape index (κ2) is 9.03. The van der Waals surface area contributed by atoms with Crippen LogP contribution in [0.2, 0.25) is 0 Å². The highest BCUT2D eigenvalue weighted by atomic mass is 16.5. The minimum atomic E-state index is -0.0888.